The number of benzene rings is 3. The van der Waals surface area contributed by atoms with Crippen molar-refractivity contribution in [1.29, 1.82) is 0 Å². The molecule has 4 nitrogen and oxygen atoms in total. The number of hydrogen-bond donors (Lipinski definition) is 2. The van der Waals surface area contributed by atoms with Gasteiger partial charge in [-0.1, -0.05) is 65.2 Å². The predicted molar refractivity (Wildman–Crippen MR) is 128 cm³/mol. The molecule has 0 atom stereocenters. The molecule has 0 aliphatic heterocycles. The highest BCUT2D eigenvalue weighted by molar-refractivity contribution is 6.35. The van der Waals surface area contributed by atoms with Gasteiger partial charge in [-0.2, -0.15) is 0 Å². The van der Waals surface area contributed by atoms with Gasteiger partial charge in [0.15, 0.2) is 0 Å². The van der Waals surface area contributed by atoms with Gasteiger partial charge in [-0.15, -0.1) is 0 Å². The van der Waals surface area contributed by atoms with Crippen LogP contribution in [-0.2, 0) is 19.6 Å². The Morgan fingerprint density at radius 1 is 1.03 bits per heavy atom. The first-order chi connectivity index (χ1) is 15.1. The van der Waals surface area contributed by atoms with Crippen molar-refractivity contribution < 1.29 is 4.74 Å². The van der Waals surface area contributed by atoms with Gasteiger partial charge in [0, 0.05) is 23.6 Å². The molecule has 0 bridgehead atoms. The smallest absolute Gasteiger partial charge is 0.142 e. The van der Waals surface area contributed by atoms with Crippen LogP contribution in [0.1, 0.15) is 28.9 Å². The number of halogens is 2. The fourth-order valence-electron chi connectivity index (χ4n) is 3.47. The second kappa shape index (κ2) is 10.2. The average molecular weight is 454 g/mol. The minimum absolute atomic E-state index is 0.459. The van der Waals surface area contributed by atoms with Crippen molar-refractivity contribution in [2.45, 2.75) is 32.9 Å². The number of fused-ring (bicyclic) bond motifs is 1. The summed E-state index contributed by atoms with van der Waals surface area (Å²) in [7, 11) is 0. The third-order valence-electron chi connectivity index (χ3n) is 5.11. The number of aromatic amines is 1. The van der Waals surface area contributed by atoms with E-state index >= 15 is 0 Å². The van der Waals surface area contributed by atoms with E-state index in [4.69, 9.17) is 27.9 Å². The third-order valence-corrected chi connectivity index (χ3v) is 5.61. The Balaban J connectivity index is 1.32. The Kier molecular flexibility index (Phi) is 7.13. The summed E-state index contributed by atoms with van der Waals surface area (Å²) in [6, 6.07) is 20.0. The monoisotopic (exact) mass is 453 g/mol. The molecule has 0 spiro atoms. The summed E-state index contributed by atoms with van der Waals surface area (Å²) in [6.45, 7) is 4.00. The van der Waals surface area contributed by atoms with Gasteiger partial charge in [-0.3, -0.25) is 0 Å². The van der Waals surface area contributed by atoms with Crippen LogP contribution in [0.5, 0.6) is 5.75 Å². The second-order valence-corrected chi connectivity index (χ2v) is 8.47. The number of H-pyrrole nitrogens is 1. The van der Waals surface area contributed by atoms with Crippen LogP contribution in [0, 0.1) is 6.92 Å². The van der Waals surface area contributed by atoms with Crippen molar-refractivity contribution in [2.24, 2.45) is 0 Å². The number of imidazole rings is 1. The summed E-state index contributed by atoms with van der Waals surface area (Å²) in [5.41, 5.74) is 5.36. The number of hydrogen-bond acceptors (Lipinski definition) is 3. The molecule has 3 aromatic carbocycles. The largest absolute Gasteiger partial charge is 0.487 e. The standard InChI is InChI=1S/C25H25Cl2N3O/c1-17-8-10-18(11-9-17)16-31-25-19(13-20(26)14-21(25)27)15-28-12-4-7-24-29-22-5-2-3-6-23(22)30-24/h2-3,5-6,8-11,13-14,28H,4,7,12,15-16H2,1H3,(H,29,30). The highest BCUT2D eigenvalue weighted by Crippen LogP contribution is 2.33. The molecule has 0 radical (unpaired) electrons. The summed E-state index contributed by atoms with van der Waals surface area (Å²) < 4.78 is 6.06. The van der Waals surface area contributed by atoms with Gasteiger partial charge in [-0.05, 0) is 49.7 Å². The topological polar surface area (TPSA) is 49.9 Å². The lowest BCUT2D eigenvalue weighted by molar-refractivity contribution is 0.302. The van der Waals surface area contributed by atoms with Crippen molar-refractivity contribution in [3.05, 3.63) is 93.2 Å². The van der Waals surface area contributed by atoms with E-state index in [2.05, 4.69) is 46.5 Å². The summed E-state index contributed by atoms with van der Waals surface area (Å²) in [5.74, 6) is 1.69. The normalized spacial score (nSPS) is 11.2. The minimum Gasteiger partial charge on any atom is -0.487 e. The molecule has 0 saturated carbocycles. The molecule has 6 heteroatoms. The zero-order chi connectivity index (χ0) is 21.6. The van der Waals surface area contributed by atoms with Crippen LogP contribution >= 0.6 is 23.2 Å². The molecule has 1 heterocycles. The highest BCUT2D eigenvalue weighted by Gasteiger charge is 2.11. The highest BCUT2D eigenvalue weighted by atomic mass is 35.5. The average Bonchev–Trinajstić information content (AvgIpc) is 3.17. The van der Waals surface area contributed by atoms with Crippen molar-refractivity contribution in [2.75, 3.05) is 6.54 Å². The van der Waals surface area contributed by atoms with Crippen LogP contribution in [0.15, 0.2) is 60.7 Å². The first kappa shape index (κ1) is 21.7. The van der Waals surface area contributed by atoms with E-state index < -0.39 is 0 Å². The number of nitrogens with one attached hydrogen (secondary N) is 2. The van der Waals surface area contributed by atoms with Crippen LogP contribution in [-0.4, -0.2) is 16.5 Å². The van der Waals surface area contributed by atoms with Gasteiger partial charge in [0.1, 0.15) is 18.2 Å². The van der Waals surface area contributed by atoms with Crippen molar-refractivity contribution in [3.8, 4) is 5.75 Å². The Morgan fingerprint density at radius 2 is 1.84 bits per heavy atom. The lowest BCUT2D eigenvalue weighted by Crippen LogP contribution is -2.16. The van der Waals surface area contributed by atoms with Crippen LogP contribution in [0.2, 0.25) is 10.0 Å². The number of rotatable bonds is 9. The van der Waals surface area contributed by atoms with Gasteiger partial charge in [0.05, 0.1) is 16.1 Å². The molecule has 0 aliphatic carbocycles. The summed E-state index contributed by atoms with van der Waals surface area (Å²) in [6.07, 6.45) is 1.85. The number of aryl methyl sites for hydroxylation is 2. The zero-order valence-corrected chi connectivity index (χ0v) is 18.9. The molecule has 4 rings (SSSR count). The quantitative estimate of drug-likeness (QED) is 0.285. The fourth-order valence-corrected chi connectivity index (χ4v) is 4.06. The van der Waals surface area contributed by atoms with E-state index in [1.54, 1.807) is 6.07 Å². The molecular formula is C25H25Cl2N3O. The fraction of sp³-hybridized carbons (Fsp3) is 0.240. The third kappa shape index (κ3) is 5.79. The summed E-state index contributed by atoms with van der Waals surface area (Å²) in [4.78, 5) is 8.00. The second-order valence-electron chi connectivity index (χ2n) is 7.63. The molecule has 0 fully saturated rings. The van der Waals surface area contributed by atoms with E-state index in [9.17, 15) is 0 Å². The number of nitrogens with zero attached hydrogens (tertiary/aromatic N) is 1. The predicted octanol–water partition coefficient (Wildman–Crippen LogP) is 6.48. The van der Waals surface area contributed by atoms with Crippen LogP contribution in [0.3, 0.4) is 0 Å². The van der Waals surface area contributed by atoms with Gasteiger partial charge < -0.3 is 15.0 Å². The van der Waals surface area contributed by atoms with E-state index in [0.717, 1.165) is 47.4 Å². The van der Waals surface area contributed by atoms with Crippen LogP contribution in [0.4, 0.5) is 0 Å². The van der Waals surface area contributed by atoms with Crippen LogP contribution < -0.4 is 10.1 Å². The number of aromatic nitrogens is 2. The van der Waals surface area contributed by atoms with E-state index in [1.807, 2.05) is 30.3 Å². The van der Waals surface area contributed by atoms with Gasteiger partial charge in [-0.25, -0.2) is 4.98 Å². The maximum absolute atomic E-state index is 6.44. The van der Waals surface area contributed by atoms with Crippen molar-refractivity contribution in [3.63, 3.8) is 0 Å². The molecule has 2 N–H and O–H groups in total. The van der Waals surface area contributed by atoms with Crippen molar-refractivity contribution >= 4 is 34.2 Å². The molecule has 0 aliphatic rings. The summed E-state index contributed by atoms with van der Waals surface area (Å²) in [5, 5.41) is 4.60. The Labute approximate surface area is 192 Å². The van der Waals surface area contributed by atoms with Crippen LogP contribution in [0.25, 0.3) is 11.0 Å². The SMILES string of the molecule is Cc1ccc(COc2c(Cl)cc(Cl)cc2CNCCCc2nc3ccccc3[nH]2)cc1. The van der Waals surface area contributed by atoms with Crippen molar-refractivity contribution in [1.82, 2.24) is 15.3 Å². The first-order valence-corrected chi connectivity index (χ1v) is 11.1. The maximum Gasteiger partial charge on any atom is 0.142 e. The molecule has 4 aromatic rings. The molecule has 160 valence electrons. The summed E-state index contributed by atoms with van der Waals surface area (Å²) >= 11 is 12.7. The minimum atomic E-state index is 0.459. The van der Waals surface area contributed by atoms with Gasteiger partial charge in [0.25, 0.3) is 0 Å². The first-order valence-electron chi connectivity index (χ1n) is 10.4. The Morgan fingerprint density at radius 3 is 2.65 bits per heavy atom. The van der Waals surface area contributed by atoms with Gasteiger partial charge in [0.2, 0.25) is 0 Å². The molecule has 31 heavy (non-hydrogen) atoms. The molecule has 1 aromatic heterocycles. The molecule has 0 unspecified atom stereocenters. The lowest BCUT2D eigenvalue weighted by atomic mass is 10.1. The van der Waals surface area contributed by atoms with E-state index in [0.29, 0.717) is 28.9 Å². The van der Waals surface area contributed by atoms with E-state index in [1.165, 1.54) is 5.56 Å². The number of para-hydroxylation sites is 2. The zero-order valence-electron chi connectivity index (χ0n) is 17.4. The maximum atomic E-state index is 6.44. The molecule has 0 saturated heterocycles. The Bertz CT molecular complexity index is 1120. The van der Waals surface area contributed by atoms with E-state index in [-0.39, 0.29) is 0 Å². The molecular weight excluding hydrogens is 429 g/mol. The van der Waals surface area contributed by atoms with Gasteiger partial charge >= 0.3 is 0 Å². The lowest BCUT2D eigenvalue weighted by Gasteiger charge is -2.15. The molecule has 0 amide bonds. The Hall–Kier alpha value is -2.53. The number of ether oxygens (including phenoxy) is 1.